The number of nitrogens with two attached hydrogens (primary N) is 1. The van der Waals surface area contributed by atoms with Crippen LogP contribution in [0, 0.1) is 0 Å². The molecule has 2 unspecified atom stereocenters. The molecule has 0 radical (unpaired) electrons. The Balaban J connectivity index is 2.15. The summed E-state index contributed by atoms with van der Waals surface area (Å²) in [6.07, 6.45) is 2.68. The van der Waals surface area contributed by atoms with E-state index in [1.807, 2.05) is 4.68 Å². The first-order chi connectivity index (χ1) is 9.93. The van der Waals surface area contributed by atoms with E-state index in [-0.39, 0.29) is 12.1 Å². The number of hydrogen-bond donors (Lipinski definition) is 1. The monoisotopic (exact) mass is 295 g/mol. The van der Waals surface area contributed by atoms with Crippen molar-refractivity contribution in [2.24, 2.45) is 5.73 Å². The van der Waals surface area contributed by atoms with E-state index < -0.39 is 0 Å². The smallest absolute Gasteiger partial charge is 0.161 e. The molecule has 1 saturated heterocycles. The second-order valence-electron chi connectivity index (χ2n) is 6.38. The predicted molar refractivity (Wildman–Crippen MR) is 84.6 cm³/mol. The molecule has 120 valence electrons. The van der Waals surface area contributed by atoms with Gasteiger partial charge in [-0.05, 0) is 34.4 Å². The fourth-order valence-corrected chi connectivity index (χ4v) is 3.04. The highest BCUT2D eigenvalue weighted by molar-refractivity contribution is 5.28. The van der Waals surface area contributed by atoms with Gasteiger partial charge >= 0.3 is 0 Å². The number of aromatic nitrogens is 2. The van der Waals surface area contributed by atoms with Crippen LogP contribution in [0.4, 0.5) is 0 Å². The lowest BCUT2D eigenvalue weighted by Crippen LogP contribution is -2.50. The van der Waals surface area contributed by atoms with E-state index in [0.717, 1.165) is 37.5 Å². The normalized spacial score (nSPS) is 22.7. The van der Waals surface area contributed by atoms with Crippen LogP contribution in [-0.4, -0.2) is 66.5 Å². The molecule has 6 heteroatoms. The molecule has 1 aromatic heterocycles. The minimum Gasteiger partial charge on any atom is -0.493 e. The molecule has 1 aliphatic rings. The third-order valence-corrected chi connectivity index (χ3v) is 4.37. The summed E-state index contributed by atoms with van der Waals surface area (Å²) in [4.78, 5) is 4.77. The molecule has 2 rings (SSSR count). The lowest BCUT2D eigenvalue weighted by atomic mass is 10.0. The molecule has 1 aromatic rings. The Hall–Kier alpha value is -1.11. The van der Waals surface area contributed by atoms with Crippen LogP contribution in [-0.2, 0) is 0 Å². The predicted octanol–water partition coefficient (Wildman–Crippen LogP) is 1.11. The number of hydrogen-bond acceptors (Lipinski definition) is 5. The number of rotatable bonds is 5. The maximum atomic E-state index is 6.51. The lowest BCUT2D eigenvalue weighted by molar-refractivity contribution is 0.103. The van der Waals surface area contributed by atoms with Gasteiger partial charge in [0.05, 0.1) is 25.0 Å². The fraction of sp³-hybridized carbons (Fsp3) is 0.800. The van der Waals surface area contributed by atoms with Crippen LogP contribution in [0.15, 0.2) is 6.20 Å². The van der Waals surface area contributed by atoms with Crippen molar-refractivity contribution >= 4 is 0 Å². The quantitative estimate of drug-likeness (QED) is 0.882. The molecule has 0 spiro atoms. The maximum absolute atomic E-state index is 6.51. The lowest BCUT2D eigenvalue weighted by Gasteiger charge is -2.39. The second-order valence-corrected chi connectivity index (χ2v) is 6.38. The van der Waals surface area contributed by atoms with E-state index in [2.05, 4.69) is 42.8 Å². The number of likely N-dealkylation sites (N-methyl/N-ethyl adjacent to an activating group) is 2. The summed E-state index contributed by atoms with van der Waals surface area (Å²) in [7, 11) is 6.03. The Morgan fingerprint density at radius 3 is 2.71 bits per heavy atom. The number of methoxy groups -OCH3 is 1. The van der Waals surface area contributed by atoms with Crippen LogP contribution >= 0.6 is 0 Å². The summed E-state index contributed by atoms with van der Waals surface area (Å²) < 4.78 is 7.43. The van der Waals surface area contributed by atoms with Gasteiger partial charge in [-0.25, -0.2) is 0 Å². The van der Waals surface area contributed by atoms with E-state index in [1.54, 1.807) is 13.3 Å². The first-order valence-corrected chi connectivity index (χ1v) is 7.69. The maximum Gasteiger partial charge on any atom is 0.161 e. The molecule has 6 nitrogen and oxygen atoms in total. The van der Waals surface area contributed by atoms with Crippen molar-refractivity contribution in [1.29, 1.82) is 0 Å². The Labute approximate surface area is 127 Å². The van der Waals surface area contributed by atoms with Gasteiger partial charge in [0.25, 0.3) is 0 Å². The van der Waals surface area contributed by atoms with E-state index in [0.29, 0.717) is 6.04 Å². The Morgan fingerprint density at radius 1 is 1.38 bits per heavy atom. The Kier molecular flexibility index (Phi) is 5.24. The van der Waals surface area contributed by atoms with E-state index in [1.165, 1.54) is 0 Å². The van der Waals surface area contributed by atoms with E-state index >= 15 is 0 Å². The third-order valence-electron chi connectivity index (χ3n) is 4.37. The molecular formula is C15H29N5O. The highest BCUT2D eigenvalue weighted by atomic mass is 16.5. The average molecular weight is 295 g/mol. The van der Waals surface area contributed by atoms with Crippen LogP contribution in [0.3, 0.4) is 0 Å². The van der Waals surface area contributed by atoms with Crippen molar-refractivity contribution in [2.75, 3.05) is 40.8 Å². The molecule has 2 atom stereocenters. The van der Waals surface area contributed by atoms with Crippen molar-refractivity contribution in [2.45, 2.75) is 38.4 Å². The molecule has 2 heterocycles. The summed E-state index contributed by atoms with van der Waals surface area (Å²) in [5, 5.41) is 4.42. The van der Waals surface area contributed by atoms with Crippen LogP contribution in [0.25, 0.3) is 0 Å². The first-order valence-electron chi connectivity index (χ1n) is 7.69. The zero-order chi connectivity index (χ0) is 15.6. The fourth-order valence-electron chi connectivity index (χ4n) is 3.04. The van der Waals surface area contributed by atoms with Crippen molar-refractivity contribution in [3.63, 3.8) is 0 Å². The van der Waals surface area contributed by atoms with Crippen LogP contribution < -0.4 is 10.5 Å². The van der Waals surface area contributed by atoms with Gasteiger partial charge in [0.2, 0.25) is 0 Å². The topological polar surface area (TPSA) is 59.6 Å². The van der Waals surface area contributed by atoms with Crippen molar-refractivity contribution in [1.82, 2.24) is 19.6 Å². The zero-order valence-electron chi connectivity index (χ0n) is 13.9. The number of nitrogens with zero attached hydrogens (tertiary/aromatic N) is 4. The molecule has 0 aliphatic carbocycles. The summed E-state index contributed by atoms with van der Waals surface area (Å²) in [6.45, 7) is 7.50. The second kappa shape index (κ2) is 6.77. The van der Waals surface area contributed by atoms with E-state index in [9.17, 15) is 0 Å². The molecule has 1 fully saturated rings. The molecule has 0 saturated carbocycles. The van der Waals surface area contributed by atoms with Gasteiger partial charge in [-0.3, -0.25) is 4.68 Å². The molecule has 2 N–H and O–H groups in total. The van der Waals surface area contributed by atoms with Crippen molar-refractivity contribution in [3.05, 3.63) is 11.9 Å². The van der Waals surface area contributed by atoms with Gasteiger partial charge in [0.1, 0.15) is 0 Å². The molecular weight excluding hydrogens is 266 g/mol. The minimum absolute atomic E-state index is 0.0659. The van der Waals surface area contributed by atoms with Gasteiger partial charge in [0.15, 0.2) is 5.75 Å². The van der Waals surface area contributed by atoms with Crippen LogP contribution in [0.1, 0.15) is 38.0 Å². The van der Waals surface area contributed by atoms with Gasteiger partial charge in [-0.2, -0.15) is 5.10 Å². The number of piperazine rings is 1. The summed E-state index contributed by atoms with van der Waals surface area (Å²) in [6, 6.07) is 0.685. The highest BCUT2D eigenvalue weighted by Gasteiger charge is 2.28. The standard InChI is InChI=1S/C15H29N5O/c1-11(2)20-15(14(21-5)9-17-20)13(16)8-12-10-18(3)6-7-19(12)4/h9,11-13H,6-8,10,16H2,1-5H3. The molecule has 21 heavy (non-hydrogen) atoms. The van der Waals surface area contributed by atoms with E-state index in [4.69, 9.17) is 10.5 Å². The SMILES string of the molecule is COc1cnn(C(C)C)c1C(N)CC1CN(C)CCN1C. The molecule has 0 amide bonds. The average Bonchev–Trinajstić information content (AvgIpc) is 2.87. The largest absolute Gasteiger partial charge is 0.493 e. The number of ether oxygens (including phenoxy) is 1. The van der Waals surface area contributed by atoms with Gasteiger partial charge in [-0.1, -0.05) is 0 Å². The summed E-state index contributed by atoms with van der Waals surface area (Å²) >= 11 is 0. The van der Waals surface area contributed by atoms with Gasteiger partial charge in [-0.15, -0.1) is 0 Å². The van der Waals surface area contributed by atoms with Crippen LogP contribution in [0.5, 0.6) is 5.75 Å². The zero-order valence-corrected chi connectivity index (χ0v) is 13.9. The summed E-state index contributed by atoms with van der Waals surface area (Å²) in [5.74, 6) is 0.794. The van der Waals surface area contributed by atoms with Crippen LogP contribution in [0.2, 0.25) is 0 Å². The Bertz CT molecular complexity index is 459. The van der Waals surface area contributed by atoms with Crippen molar-refractivity contribution < 1.29 is 4.74 Å². The van der Waals surface area contributed by atoms with Gasteiger partial charge in [0, 0.05) is 31.7 Å². The Morgan fingerprint density at radius 2 is 2.10 bits per heavy atom. The minimum atomic E-state index is -0.0659. The third kappa shape index (κ3) is 3.56. The van der Waals surface area contributed by atoms with Gasteiger partial charge < -0.3 is 20.3 Å². The summed E-state index contributed by atoms with van der Waals surface area (Å²) in [5.41, 5.74) is 7.52. The first kappa shape index (κ1) is 16.3. The van der Waals surface area contributed by atoms with Crippen molar-refractivity contribution in [3.8, 4) is 5.75 Å². The molecule has 0 bridgehead atoms. The molecule has 1 aliphatic heterocycles. The highest BCUT2D eigenvalue weighted by Crippen LogP contribution is 2.29. The molecule has 0 aromatic carbocycles.